The lowest BCUT2D eigenvalue weighted by Gasteiger charge is -2.08. The number of rotatable bonds is 4. The third-order valence-electron chi connectivity index (χ3n) is 2.62. The molecule has 0 unspecified atom stereocenters. The molecule has 0 radical (unpaired) electrons. The van der Waals surface area contributed by atoms with Gasteiger partial charge in [0.15, 0.2) is 0 Å². The van der Waals surface area contributed by atoms with E-state index in [1.54, 1.807) is 6.07 Å². The van der Waals surface area contributed by atoms with E-state index >= 15 is 0 Å². The third-order valence-corrected chi connectivity index (χ3v) is 3.70. The van der Waals surface area contributed by atoms with E-state index in [0.29, 0.717) is 10.5 Å². The summed E-state index contributed by atoms with van der Waals surface area (Å²) in [6, 6.07) is 13.8. The van der Waals surface area contributed by atoms with Crippen LogP contribution in [0.25, 0.3) is 0 Å². The SMILES string of the molecule is CNC(=O)c1cc([N+](=O)[O-])ccc1Sc1ccccc1. The van der Waals surface area contributed by atoms with E-state index in [4.69, 9.17) is 0 Å². The molecule has 0 saturated heterocycles. The minimum absolute atomic E-state index is 0.0963. The van der Waals surface area contributed by atoms with E-state index in [-0.39, 0.29) is 11.6 Å². The van der Waals surface area contributed by atoms with Gasteiger partial charge < -0.3 is 5.32 Å². The maximum absolute atomic E-state index is 11.9. The molecule has 102 valence electrons. The fourth-order valence-electron chi connectivity index (χ4n) is 1.65. The molecule has 0 aliphatic rings. The van der Waals surface area contributed by atoms with Crippen LogP contribution in [-0.4, -0.2) is 17.9 Å². The van der Waals surface area contributed by atoms with Crippen LogP contribution >= 0.6 is 11.8 Å². The molecule has 5 nitrogen and oxygen atoms in total. The van der Waals surface area contributed by atoms with E-state index in [1.807, 2.05) is 30.3 Å². The Morgan fingerprint density at radius 2 is 1.90 bits per heavy atom. The van der Waals surface area contributed by atoms with Gasteiger partial charge in [0.2, 0.25) is 0 Å². The van der Waals surface area contributed by atoms with Gasteiger partial charge in [-0.05, 0) is 18.2 Å². The highest BCUT2D eigenvalue weighted by atomic mass is 32.2. The third kappa shape index (κ3) is 3.16. The van der Waals surface area contributed by atoms with E-state index in [9.17, 15) is 14.9 Å². The van der Waals surface area contributed by atoms with Gasteiger partial charge in [0.05, 0.1) is 10.5 Å². The largest absolute Gasteiger partial charge is 0.355 e. The lowest BCUT2D eigenvalue weighted by molar-refractivity contribution is -0.384. The van der Waals surface area contributed by atoms with Gasteiger partial charge in [-0.3, -0.25) is 14.9 Å². The molecular formula is C14H12N2O3S. The average molecular weight is 288 g/mol. The van der Waals surface area contributed by atoms with Gasteiger partial charge in [-0.1, -0.05) is 30.0 Å². The Kier molecular flexibility index (Phi) is 4.37. The zero-order valence-corrected chi connectivity index (χ0v) is 11.5. The summed E-state index contributed by atoms with van der Waals surface area (Å²) in [5.41, 5.74) is 0.205. The van der Waals surface area contributed by atoms with Crippen LogP contribution in [0.15, 0.2) is 58.3 Å². The Morgan fingerprint density at radius 3 is 2.50 bits per heavy atom. The first-order valence-electron chi connectivity index (χ1n) is 5.85. The fourth-order valence-corrected chi connectivity index (χ4v) is 2.59. The Hall–Kier alpha value is -2.34. The predicted molar refractivity (Wildman–Crippen MR) is 77.1 cm³/mol. The molecule has 0 fully saturated rings. The molecule has 2 rings (SSSR count). The minimum atomic E-state index is -0.511. The molecule has 6 heteroatoms. The lowest BCUT2D eigenvalue weighted by atomic mass is 10.2. The zero-order valence-electron chi connectivity index (χ0n) is 10.7. The van der Waals surface area contributed by atoms with Gasteiger partial charge in [0.1, 0.15) is 0 Å². The van der Waals surface area contributed by atoms with Crippen molar-refractivity contribution in [3.8, 4) is 0 Å². The highest BCUT2D eigenvalue weighted by Crippen LogP contribution is 2.32. The van der Waals surface area contributed by atoms with Gasteiger partial charge in [-0.2, -0.15) is 0 Å². The fraction of sp³-hybridized carbons (Fsp3) is 0.0714. The van der Waals surface area contributed by atoms with Crippen LogP contribution in [0.1, 0.15) is 10.4 Å². The summed E-state index contributed by atoms with van der Waals surface area (Å²) >= 11 is 1.39. The van der Waals surface area contributed by atoms with Gasteiger partial charge in [-0.25, -0.2) is 0 Å². The normalized spacial score (nSPS) is 10.1. The van der Waals surface area contributed by atoms with Crippen molar-refractivity contribution in [3.63, 3.8) is 0 Å². The summed E-state index contributed by atoms with van der Waals surface area (Å²) in [5, 5.41) is 13.3. The van der Waals surface area contributed by atoms with Crippen LogP contribution in [0.5, 0.6) is 0 Å². The maximum atomic E-state index is 11.9. The molecule has 1 amide bonds. The molecule has 0 saturated carbocycles. The molecule has 0 spiro atoms. The van der Waals surface area contributed by atoms with E-state index in [1.165, 1.54) is 30.9 Å². The summed E-state index contributed by atoms with van der Waals surface area (Å²) in [4.78, 5) is 23.8. The molecule has 0 aliphatic heterocycles. The number of hydrogen-bond donors (Lipinski definition) is 1. The van der Waals surface area contributed by atoms with Crippen molar-refractivity contribution in [3.05, 3.63) is 64.2 Å². The van der Waals surface area contributed by atoms with Crippen LogP contribution in [0.3, 0.4) is 0 Å². The smallest absolute Gasteiger partial charge is 0.270 e. The topological polar surface area (TPSA) is 72.2 Å². The Bertz CT molecular complexity index is 644. The summed E-state index contributed by atoms with van der Waals surface area (Å²) < 4.78 is 0. The first-order valence-corrected chi connectivity index (χ1v) is 6.67. The predicted octanol–water partition coefficient (Wildman–Crippen LogP) is 3.11. The number of nitrogens with zero attached hydrogens (tertiary/aromatic N) is 1. The highest BCUT2D eigenvalue weighted by molar-refractivity contribution is 7.99. The van der Waals surface area contributed by atoms with Crippen molar-refractivity contribution < 1.29 is 9.72 Å². The molecule has 0 aliphatic carbocycles. The van der Waals surface area contributed by atoms with E-state index in [2.05, 4.69) is 5.32 Å². The van der Waals surface area contributed by atoms with Crippen LogP contribution in [-0.2, 0) is 0 Å². The van der Waals surface area contributed by atoms with Gasteiger partial charge >= 0.3 is 0 Å². The number of nitrogens with one attached hydrogen (secondary N) is 1. The van der Waals surface area contributed by atoms with E-state index in [0.717, 1.165) is 4.90 Å². The number of nitro benzene ring substituents is 1. The van der Waals surface area contributed by atoms with Crippen LogP contribution in [0.2, 0.25) is 0 Å². The Morgan fingerprint density at radius 1 is 1.20 bits per heavy atom. The highest BCUT2D eigenvalue weighted by Gasteiger charge is 2.16. The molecule has 0 aromatic heterocycles. The molecular weight excluding hydrogens is 276 g/mol. The van der Waals surface area contributed by atoms with Crippen molar-refractivity contribution in [2.45, 2.75) is 9.79 Å². The number of carbonyl (C=O) groups is 1. The van der Waals surface area contributed by atoms with Crippen LogP contribution < -0.4 is 5.32 Å². The summed E-state index contributed by atoms with van der Waals surface area (Å²) in [7, 11) is 1.50. The van der Waals surface area contributed by atoms with Crippen molar-refractivity contribution in [2.75, 3.05) is 7.05 Å². The molecule has 20 heavy (non-hydrogen) atoms. The second-order valence-electron chi connectivity index (χ2n) is 3.93. The number of hydrogen-bond acceptors (Lipinski definition) is 4. The minimum Gasteiger partial charge on any atom is -0.355 e. The summed E-state index contributed by atoms with van der Waals surface area (Å²) in [5.74, 6) is -0.341. The molecule has 2 aromatic carbocycles. The van der Waals surface area contributed by atoms with Crippen molar-refractivity contribution in [1.82, 2.24) is 5.32 Å². The molecule has 0 heterocycles. The van der Waals surface area contributed by atoms with Crippen LogP contribution in [0, 0.1) is 10.1 Å². The van der Waals surface area contributed by atoms with Crippen LogP contribution in [0.4, 0.5) is 5.69 Å². The van der Waals surface area contributed by atoms with Crippen molar-refractivity contribution in [2.24, 2.45) is 0 Å². The van der Waals surface area contributed by atoms with E-state index < -0.39 is 4.92 Å². The van der Waals surface area contributed by atoms with Gasteiger partial charge in [0, 0.05) is 29.0 Å². The number of non-ortho nitro benzene ring substituents is 1. The second kappa shape index (κ2) is 6.21. The number of benzene rings is 2. The first kappa shape index (κ1) is 14.1. The van der Waals surface area contributed by atoms with Gasteiger partial charge in [0.25, 0.3) is 11.6 Å². The average Bonchev–Trinajstić information content (AvgIpc) is 2.47. The quantitative estimate of drug-likeness (QED) is 0.693. The summed E-state index contributed by atoms with van der Waals surface area (Å²) in [6.45, 7) is 0. The Balaban J connectivity index is 2.41. The standard InChI is InChI=1S/C14H12N2O3S/c1-15-14(17)12-9-10(16(18)19)7-8-13(12)20-11-5-3-2-4-6-11/h2-9H,1H3,(H,15,17). The molecule has 1 N–H and O–H groups in total. The Labute approximate surface area is 120 Å². The number of carbonyl (C=O) groups excluding carboxylic acids is 1. The maximum Gasteiger partial charge on any atom is 0.270 e. The molecule has 0 atom stereocenters. The zero-order chi connectivity index (χ0) is 14.5. The first-order chi connectivity index (χ1) is 9.61. The monoisotopic (exact) mass is 288 g/mol. The summed E-state index contributed by atoms with van der Waals surface area (Å²) in [6.07, 6.45) is 0. The lowest BCUT2D eigenvalue weighted by Crippen LogP contribution is -2.18. The molecule has 0 bridgehead atoms. The second-order valence-corrected chi connectivity index (χ2v) is 5.05. The number of nitro groups is 1. The van der Waals surface area contributed by atoms with Crippen molar-refractivity contribution in [1.29, 1.82) is 0 Å². The molecule has 2 aromatic rings. The van der Waals surface area contributed by atoms with Gasteiger partial charge in [-0.15, -0.1) is 0 Å². The number of amides is 1. The van der Waals surface area contributed by atoms with Crippen molar-refractivity contribution >= 4 is 23.4 Å².